The Labute approximate surface area is 91.4 Å². The van der Waals surface area contributed by atoms with Crippen LogP contribution < -0.4 is 11.6 Å². The second kappa shape index (κ2) is 3.79. The van der Waals surface area contributed by atoms with Gasteiger partial charge in [-0.1, -0.05) is 0 Å². The Morgan fingerprint density at radius 1 is 1.50 bits per heavy atom. The summed E-state index contributed by atoms with van der Waals surface area (Å²) >= 11 is 0. The van der Waals surface area contributed by atoms with Gasteiger partial charge in [0.15, 0.2) is 18.1 Å². The lowest BCUT2D eigenvalue weighted by atomic mass is 9.78. The molecule has 0 bridgehead atoms. The zero-order chi connectivity index (χ0) is 11.8. The monoisotopic (exact) mass is 227 g/mol. The number of carbonyl (C=O) groups excluding carboxylic acids is 1. The molecule has 6 nitrogen and oxygen atoms in total. The van der Waals surface area contributed by atoms with Gasteiger partial charge in [0.2, 0.25) is 0 Å². The summed E-state index contributed by atoms with van der Waals surface area (Å²) < 4.78 is 14.3. The molecule has 1 aliphatic carbocycles. The highest BCUT2D eigenvalue weighted by Crippen LogP contribution is 2.30. The summed E-state index contributed by atoms with van der Waals surface area (Å²) in [5.74, 6) is -0.713. The van der Waals surface area contributed by atoms with E-state index < -0.39 is 17.3 Å². The SMILES string of the molecule is Cc1oc(=O)oc1COC(=O)C1(N)CCC1. The molecule has 6 heteroatoms. The van der Waals surface area contributed by atoms with Gasteiger partial charge < -0.3 is 19.3 Å². The van der Waals surface area contributed by atoms with Gasteiger partial charge in [-0.25, -0.2) is 4.79 Å². The molecule has 1 fully saturated rings. The molecule has 16 heavy (non-hydrogen) atoms. The fraction of sp³-hybridized carbons (Fsp3) is 0.600. The molecule has 0 saturated heterocycles. The highest BCUT2D eigenvalue weighted by molar-refractivity contribution is 5.81. The first kappa shape index (κ1) is 10.9. The first-order chi connectivity index (χ1) is 7.51. The van der Waals surface area contributed by atoms with Crippen LogP contribution in [0.2, 0.25) is 0 Å². The Bertz CT molecular complexity index is 454. The standard InChI is InChI=1S/C10H13NO5/c1-6-7(16-9(13)15-6)5-14-8(12)10(11)3-2-4-10/h2-5,11H2,1H3. The Hall–Kier alpha value is -1.56. The first-order valence-corrected chi connectivity index (χ1v) is 5.07. The van der Waals surface area contributed by atoms with E-state index in [0.717, 1.165) is 6.42 Å². The number of hydrogen-bond acceptors (Lipinski definition) is 6. The van der Waals surface area contributed by atoms with Crippen molar-refractivity contribution in [1.82, 2.24) is 0 Å². The van der Waals surface area contributed by atoms with Gasteiger partial charge in [-0.05, 0) is 26.2 Å². The third-order valence-electron chi connectivity index (χ3n) is 2.82. The van der Waals surface area contributed by atoms with E-state index in [2.05, 4.69) is 8.83 Å². The Morgan fingerprint density at radius 3 is 2.62 bits per heavy atom. The quantitative estimate of drug-likeness (QED) is 0.754. The van der Waals surface area contributed by atoms with Crippen molar-refractivity contribution < 1.29 is 18.4 Å². The second-order valence-corrected chi connectivity index (χ2v) is 4.02. The molecule has 0 aromatic carbocycles. The lowest BCUT2D eigenvalue weighted by molar-refractivity contribution is -0.155. The van der Waals surface area contributed by atoms with Crippen molar-refractivity contribution in [3.05, 3.63) is 22.1 Å². The molecule has 1 saturated carbocycles. The lowest BCUT2D eigenvalue weighted by Gasteiger charge is -2.34. The smallest absolute Gasteiger partial charge is 0.456 e. The highest BCUT2D eigenvalue weighted by atomic mass is 16.6. The summed E-state index contributed by atoms with van der Waals surface area (Å²) in [6.07, 6.45) is 2.21. The van der Waals surface area contributed by atoms with Crippen LogP contribution in [0.5, 0.6) is 0 Å². The van der Waals surface area contributed by atoms with Crippen LogP contribution >= 0.6 is 0 Å². The van der Waals surface area contributed by atoms with E-state index in [1.807, 2.05) is 0 Å². The van der Waals surface area contributed by atoms with Crippen LogP contribution in [0.4, 0.5) is 0 Å². The molecule has 0 atom stereocenters. The van der Waals surface area contributed by atoms with Crippen molar-refractivity contribution in [2.75, 3.05) is 0 Å². The number of rotatable bonds is 3. The van der Waals surface area contributed by atoms with Crippen molar-refractivity contribution in [3.8, 4) is 0 Å². The van der Waals surface area contributed by atoms with E-state index >= 15 is 0 Å². The number of nitrogens with two attached hydrogens (primary N) is 1. The number of hydrogen-bond donors (Lipinski definition) is 1. The molecular formula is C10H13NO5. The third-order valence-corrected chi connectivity index (χ3v) is 2.82. The maximum atomic E-state index is 11.5. The average Bonchev–Trinajstić information content (AvgIpc) is 2.50. The van der Waals surface area contributed by atoms with Crippen LogP contribution in [0.1, 0.15) is 30.8 Å². The van der Waals surface area contributed by atoms with Crippen molar-refractivity contribution in [3.63, 3.8) is 0 Å². The van der Waals surface area contributed by atoms with Crippen molar-refractivity contribution in [1.29, 1.82) is 0 Å². The minimum atomic E-state index is -0.849. The van der Waals surface area contributed by atoms with Crippen molar-refractivity contribution >= 4 is 5.97 Å². The molecule has 0 spiro atoms. The molecule has 0 radical (unpaired) electrons. The van der Waals surface area contributed by atoms with Gasteiger partial charge in [0.1, 0.15) is 5.54 Å². The molecule has 2 rings (SSSR count). The van der Waals surface area contributed by atoms with Gasteiger partial charge in [0.05, 0.1) is 0 Å². The predicted molar refractivity (Wildman–Crippen MR) is 52.5 cm³/mol. The predicted octanol–water partition coefficient (Wildman–Crippen LogP) is 0.466. The fourth-order valence-corrected chi connectivity index (χ4v) is 1.54. The number of esters is 1. The van der Waals surface area contributed by atoms with E-state index in [9.17, 15) is 9.59 Å². The molecule has 0 unspecified atom stereocenters. The van der Waals surface area contributed by atoms with E-state index in [-0.39, 0.29) is 12.4 Å². The zero-order valence-corrected chi connectivity index (χ0v) is 8.95. The van der Waals surface area contributed by atoms with Crippen LogP contribution in [-0.2, 0) is 16.1 Å². The molecular weight excluding hydrogens is 214 g/mol. The summed E-state index contributed by atoms with van der Waals surface area (Å²) in [6, 6.07) is 0. The number of carbonyl (C=O) groups is 1. The second-order valence-electron chi connectivity index (χ2n) is 4.02. The molecule has 1 aliphatic rings. The maximum absolute atomic E-state index is 11.5. The largest absolute Gasteiger partial charge is 0.519 e. The van der Waals surface area contributed by atoms with E-state index in [4.69, 9.17) is 10.5 Å². The molecule has 2 N–H and O–H groups in total. The van der Waals surface area contributed by atoms with Gasteiger partial charge in [-0.15, -0.1) is 0 Å². The van der Waals surface area contributed by atoms with Gasteiger partial charge >= 0.3 is 11.8 Å². The summed E-state index contributed by atoms with van der Waals surface area (Å²) in [6.45, 7) is 1.45. The summed E-state index contributed by atoms with van der Waals surface area (Å²) in [7, 11) is 0. The molecule has 0 aliphatic heterocycles. The van der Waals surface area contributed by atoms with Gasteiger partial charge in [0, 0.05) is 0 Å². The Balaban J connectivity index is 1.95. The summed E-state index contributed by atoms with van der Waals surface area (Å²) in [4.78, 5) is 22.3. The molecule has 88 valence electrons. The average molecular weight is 227 g/mol. The number of aryl methyl sites for hydroxylation is 1. The fourth-order valence-electron chi connectivity index (χ4n) is 1.54. The molecule has 0 amide bonds. The van der Waals surface area contributed by atoms with E-state index in [1.54, 1.807) is 6.92 Å². The van der Waals surface area contributed by atoms with E-state index in [1.165, 1.54) is 0 Å². The van der Waals surface area contributed by atoms with Crippen LogP contribution in [0.3, 0.4) is 0 Å². The lowest BCUT2D eigenvalue weighted by Crippen LogP contribution is -2.54. The van der Waals surface area contributed by atoms with Crippen LogP contribution in [0.25, 0.3) is 0 Å². The zero-order valence-electron chi connectivity index (χ0n) is 8.95. The normalized spacial score (nSPS) is 17.9. The van der Waals surface area contributed by atoms with Gasteiger partial charge in [0.25, 0.3) is 0 Å². The minimum Gasteiger partial charge on any atom is -0.456 e. The van der Waals surface area contributed by atoms with Gasteiger partial charge in [-0.3, -0.25) is 4.79 Å². The minimum absolute atomic E-state index is 0.116. The molecule has 1 aromatic rings. The van der Waals surface area contributed by atoms with E-state index in [0.29, 0.717) is 18.6 Å². The van der Waals surface area contributed by atoms with Crippen LogP contribution in [-0.4, -0.2) is 11.5 Å². The number of ether oxygens (including phenoxy) is 1. The van der Waals surface area contributed by atoms with Gasteiger partial charge in [-0.2, -0.15) is 0 Å². The first-order valence-electron chi connectivity index (χ1n) is 5.07. The summed E-state index contributed by atoms with van der Waals surface area (Å²) in [5, 5.41) is 0. The maximum Gasteiger partial charge on any atom is 0.519 e. The highest BCUT2D eigenvalue weighted by Gasteiger charge is 2.41. The third kappa shape index (κ3) is 1.88. The van der Waals surface area contributed by atoms with Crippen molar-refractivity contribution in [2.24, 2.45) is 5.73 Å². The van der Waals surface area contributed by atoms with Crippen LogP contribution in [0.15, 0.2) is 13.6 Å². The summed E-state index contributed by atoms with van der Waals surface area (Å²) in [5.41, 5.74) is 4.91. The van der Waals surface area contributed by atoms with Crippen LogP contribution in [0, 0.1) is 6.92 Å². The Kier molecular flexibility index (Phi) is 2.59. The van der Waals surface area contributed by atoms with Crippen molar-refractivity contribution in [2.45, 2.75) is 38.3 Å². The molecule has 1 heterocycles. The molecule has 1 aromatic heterocycles. The Morgan fingerprint density at radius 2 is 2.19 bits per heavy atom. The topological polar surface area (TPSA) is 95.7 Å².